The first-order valence-corrected chi connectivity index (χ1v) is 7.64. The molecular formula is C16H23ClN2O3. The fourth-order valence-electron chi connectivity index (χ4n) is 2.89. The van der Waals surface area contributed by atoms with Crippen LogP contribution in [0.15, 0.2) is 18.2 Å². The quantitative estimate of drug-likeness (QED) is 0.873. The molecule has 1 amide bonds. The Kier molecular flexibility index (Phi) is 5.91. The molecule has 2 N–H and O–H groups in total. The summed E-state index contributed by atoms with van der Waals surface area (Å²) in [5, 5.41) is 6.46. The van der Waals surface area contributed by atoms with Crippen LogP contribution < -0.4 is 20.1 Å². The Morgan fingerprint density at radius 1 is 1.41 bits per heavy atom. The summed E-state index contributed by atoms with van der Waals surface area (Å²) in [6, 6.07) is 6.28. The summed E-state index contributed by atoms with van der Waals surface area (Å²) in [6.07, 6.45) is 3.90. The van der Waals surface area contributed by atoms with Gasteiger partial charge < -0.3 is 20.1 Å². The number of benzene rings is 1. The van der Waals surface area contributed by atoms with E-state index in [-0.39, 0.29) is 31.1 Å². The van der Waals surface area contributed by atoms with Crippen molar-refractivity contribution >= 4 is 18.3 Å². The number of amides is 1. The lowest BCUT2D eigenvalue weighted by molar-refractivity contribution is -0.121. The average molecular weight is 327 g/mol. The van der Waals surface area contributed by atoms with Crippen LogP contribution in [0.25, 0.3) is 0 Å². The molecule has 2 aliphatic rings. The summed E-state index contributed by atoms with van der Waals surface area (Å²) >= 11 is 0. The lowest BCUT2D eigenvalue weighted by Gasteiger charge is -2.16. The second-order valence-electron chi connectivity index (χ2n) is 5.73. The number of halogens is 1. The van der Waals surface area contributed by atoms with Crippen molar-refractivity contribution in [2.45, 2.75) is 44.7 Å². The largest absolute Gasteiger partial charge is 0.454 e. The third kappa shape index (κ3) is 4.05. The Morgan fingerprint density at radius 3 is 3.00 bits per heavy atom. The Bertz CT molecular complexity index is 518. The van der Waals surface area contributed by atoms with Gasteiger partial charge in [0.25, 0.3) is 0 Å². The molecule has 2 unspecified atom stereocenters. The van der Waals surface area contributed by atoms with Crippen LogP contribution in [0.1, 0.15) is 44.2 Å². The molecule has 5 nitrogen and oxygen atoms in total. The third-order valence-corrected chi connectivity index (χ3v) is 4.16. The van der Waals surface area contributed by atoms with E-state index in [0.717, 1.165) is 30.0 Å². The number of carbonyl (C=O) groups excluding carboxylic acids is 1. The van der Waals surface area contributed by atoms with Gasteiger partial charge in [-0.15, -0.1) is 12.4 Å². The van der Waals surface area contributed by atoms with Crippen molar-refractivity contribution < 1.29 is 14.3 Å². The van der Waals surface area contributed by atoms with E-state index in [9.17, 15) is 4.79 Å². The van der Waals surface area contributed by atoms with Gasteiger partial charge in [-0.2, -0.15) is 0 Å². The Morgan fingerprint density at radius 2 is 2.23 bits per heavy atom. The maximum atomic E-state index is 12.0. The zero-order valence-electron chi connectivity index (χ0n) is 12.8. The molecule has 1 aromatic rings. The second-order valence-corrected chi connectivity index (χ2v) is 5.73. The van der Waals surface area contributed by atoms with Gasteiger partial charge in [-0.05, 0) is 50.4 Å². The molecule has 1 fully saturated rings. The normalized spacial score (nSPS) is 20.3. The molecule has 3 rings (SSSR count). The Balaban J connectivity index is 0.00000176. The summed E-state index contributed by atoms with van der Waals surface area (Å²) in [5.74, 6) is 1.63. The van der Waals surface area contributed by atoms with Crippen LogP contribution in [0, 0.1) is 0 Å². The predicted molar refractivity (Wildman–Crippen MR) is 86.6 cm³/mol. The monoisotopic (exact) mass is 326 g/mol. The molecule has 22 heavy (non-hydrogen) atoms. The van der Waals surface area contributed by atoms with Gasteiger partial charge in [0.1, 0.15) is 0 Å². The summed E-state index contributed by atoms with van der Waals surface area (Å²) in [7, 11) is 0. The minimum atomic E-state index is -0.0245. The van der Waals surface area contributed by atoms with Gasteiger partial charge in [-0.1, -0.05) is 6.07 Å². The number of fused-ring (bicyclic) bond motifs is 1. The fraction of sp³-hybridized carbons (Fsp3) is 0.562. The van der Waals surface area contributed by atoms with E-state index in [1.807, 2.05) is 25.1 Å². The molecule has 1 saturated heterocycles. The van der Waals surface area contributed by atoms with Crippen LogP contribution in [0.2, 0.25) is 0 Å². The van der Waals surface area contributed by atoms with Crippen LogP contribution in [-0.4, -0.2) is 25.3 Å². The molecule has 1 aromatic carbocycles. The minimum absolute atomic E-state index is 0. The van der Waals surface area contributed by atoms with Crippen molar-refractivity contribution in [1.82, 2.24) is 10.6 Å². The maximum absolute atomic E-state index is 12.0. The van der Waals surface area contributed by atoms with Gasteiger partial charge in [0.05, 0.1) is 6.04 Å². The summed E-state index contributed by atoms with van der Waals surface area (Å²) < 4.78 is 10.7. The first kappa shape index (κ1) is 16.9. The second kappa shape index (κ2) is 7.70. The number of hydrogen-bond donors (Lipinski definition) is 2. The molecular weight excluding hydrogens is 304 g/mol. The predicted octanol–water partition coefficient (Wildman–Crippen LogP) is 2.55. The summed E-state index contributed by atoms with van der Waals surface area (Å²) in [4.78, 5) is 12.0. The highest BCUT2D eigenvalue weighted by Gasteiger charge is 2.18. The van der Waals surface area contributed by atoms with Gasteiger partial charge in [-0.25, -0.2) is 0 Å². The summed E-state index contributed by atoms with van der Waals surface area (Å²) in [6.45, 7) is 3.34. The minimum Gasteiger partial charge on any atom is -0.454 e. The Hall–Kier alpha value is -1.46. The zero-order valence-corrected chi connectivity index (χ0v) is 13.6. The number of carbonyl (C=O) groups is 1. The number of ether oxygens (including phenoxy) is 2. The lowest BCUT2D eigenvalue weighted by Crippen LogP contribution is -2.29. The SMILES string of the molecule is CC(NC(=O)CCC1CCCN1)c1ccc2c(c1)OCO2.Cl. The van der Waals surface area contributed by atoms with E-state index in [4.69, 9.17) is 9.47 Å². The molecule has 2 heterocycles. The standard InChI is InChI=1S/C16H22N2O3.ClH/c1-11(12-4-6-14-15(9-12)21-10-20-14)18-16(19)7-5-13-3-2-8-17-13;/h4,6,9,11,13,17H,2-3,5,7-8,10H2,1H3,(H,18,19);1H. The molecule has 2 aliphatic heterocycles. The molecule has 0 aromatic heterocycles. The highest BCUT2D eigenvalue weighted by molar-refractivity contribution is 5.85. The maximum Gasteiger partial charge on any atom is 0.231 e. The van der Waals surface area contributed by atoms with E-state index in [1.165, 1.54) is 12.8 Å². The van der Waals surface area contributed by atoms with Crippen molar-refractivity contribution in [3.05, 3.63) is 23.8 Å². The first-order valence-electron chi connectivity index (χ1n) is 7.64. The van der Waals surface area contributed by atoms with Crippen molar-refractivity contribution in [2.24, 2.45) is 0 Å². The molecule has 0 spiro atoms. The van der Waals surface area contributed by atoms with Crippen molar-refractivity contribution in [1.29, 1.82) is 0 Å². The van der Waals surface area contributed by atoms with Crippen LogP contribution in [0.3, 0.4) is 0 Å². The molecule has 6 heteroatoms. The highest BCUT2D eigenvalue weighted by atomic mass is 35.5. The Labute approximate surface area is 137 Å². The van der Waals surface area contributed by atoms with Crippen LogP contribution in [-0.2, 0) is 4.79 Å². The number of nitrogens with one attached hydrogen (secondary N) is 2. The molecule has 0 saturated carbocycles. The smallest absolute Gasteiger partial charge is 0.231 e. The van der Waals surface area contributed by atoms with Gasteiger partial charge in [0, 0.05) is 12.5 Å². The zero-order chi connectivity index (χ0) is 14.7. The average Bonchev–Trinajstić information content (AvgIpc) is 3.15. The highest BCUT2D eigenvalue weighted by Crippen LogP contribution is 2.34. The van der Waals surface area contributed by atoms with E-state index < -0.39 is 0 Å². The van der Waals surface area contributed by atoms with Crippen LogP contribution >= 0.6 is 12.4 Å². The van der Waals surface area contributed by atoms with Crippen molar-refractivity contribution in [3.8, 4) is 11.5 Å². The van der Waals surface area contributed by atoms with E-state index in [0.29, 0.717) is 12.5 Å². The number of hydrogen-bond acceptors (Lipinski definition) is 4. The topological polar surface area (TPSA) is 59.6 Å². The van der Waals surface area contributed by atoms with Crippen molar-refractivity contribution in [3.63, 3.8) is 0 Å². The van der Waals surface area contributed by atoms with Crippen LogP contribution in [0.4, 0.5) is 0 Å². The fourth-order valence-corrected chi connectivity index (χ4v) is 2.89. The first-order chi connectivity index (χ1) is 10.2. The summed E-state index contributed by atoms with van der Waals surface area (Å²) in [5.41, 5.74) is 1.03. The van der Waals surface area contributed by atoms with E-state index >= 15 is 0 Å². The third-order valence-electron chi connectivity index (χ3n) is 4.16. The molecule has 122 valence electrons. The van der Waals surface area contributed by atoms with Gasteiger partial charge in [-0.3, -0.25) is 4.79 Å². The van der Waals surface area contributed by atoms with Gasteiger partial charge in [0.15, 0.2) is 11.5 Å². The van der Waals surface area contributed by atoms with Gasteiger partial charge in [0.2, 0.25) is 12.7 Å². The number of rotatable bonds is 5. The van der Waals surface area contributed by atoms with Crippen molar-refractivity contribution in [2.75, 3.05) is 13.3 Å². The van der Waals surface area contributed by atoms with Gasteiger partial charge >= 0.3 is 0 Å². The van der Waals surface area contributed by atoms with E-state index in [2.05, 4.69) is 10.6 Å². The van der Waals surface area contributed by atoms with E-state index in [1.54, 1.807) is 0 Å². The van der Waals surface area contributed by atoms with Crippen LogP contribution in [0.5, 0.6) is 11.5 Å². The molecule has 0 aliphatic carbocycles. The molecule has 2 atom stereocenters. The lowest BCUT2D eigenvalue weighted by atomic mass is 10.1. The molecule has 0 bridgehead atoms. The molecule has 0 radical (unpaired) electrons.